The topological polar surface area (TPSA) is 96.0 Å². The lowest BCUT2D eigenvalue weighted by atomic mass is 10.0. The Labute approximate surface area is 274 Å². The number of nitrogens with one attached hydrogen (secondary N) is 1. The fourth-order valence-electron chi connectivity index (χ4n) is 4.85. The van der Waals surface area contributed by atoms with Crippen LogP contribution in [0.25, 0.3) is 0 Å². The Morgan fingerprint density at radius 1 is 0.867 bits per heavy atom. The minimum atomic E-state index is -4.20. The number of halogens is 1. The van der Waals surface area contributed by atoms with Gasteiger partial charge in [-0.15, -0.1) is 0 Å². The molecule has 0 aromatic heterocycles. The molecule has 0 radical (unpaired) electrons. The van der Waals surface area contributed by atoms with E-state index >= 15 is 0 Å². The second-order valence-electron chi connectivity index (χ2n) is 11.0. The zero-order valence-corrected chi connectivity index (χ0v) is 28.2. The Kier molecular flexibility index (Phi) is 11.4. The number of hydrogen-bond acceptors (Lipinski definition) is 5. The molecular formula is C35H38BrN3O5S. The molecule has 4 aromatic carbocycles. The molecule has 10 heteroatoms. The van der Waals surface area contributed by atoms with Crippen molar-refractivity contribution in [1.29, 1.82) is 0 Å². The molecule has 0 aliphatic rings. The van der Waals surface area contributed by atoms with E-state index in [2.05, 4.69) is 21.2 Å². The van der Waals surface area contributed by atoms with E-state index in [4.69, 9.17) is 4.74 Å². The fraction of sp³-hybridized carbons (Fsp3) is 0.257. The summed E-state index contributed by atoms with van der Waals surface area (Å²) in [5.41, 5.74) is 2.82. The highest BCUT2D eigenvalue weighted by Gasteiger charge is 2.35. The van der Waals surface area contributed by atoms with E-state index in [0.29, 0.717) is 5.75 Å². The van der Waals surface area contributed by atoms with Crippen LogP contribution in [-0.4, -0.2) is 50.9 Å². The van der Waals surface area contributed by atoms with Crippen LogP contribution in [0, 0.1) is 6.92 Å². The van der Waals surface area contributed by atoms with E-state index in [1.165, 1.54) is 24.1 Å². The number of ether oxygens (including phenoxy) is 1. The van der Waals surface area contributed by atoms with Gasteiger partial charge in [0.05, 0.1) is 17.7 Å². The SMILES string of the molecule is COc1cccc(N(CC(=O)N(Cc2ccc(Br)cc2)[C@@H](Cc2ccccc2)C(=O)NC(C)C)S(=O)(=O)c2ccc(C)cc2)c1. The molecule has 0 aliphatic heterocycles. The van der Waals surface area contributed by atoms with Gasteiger partial charge in [0.1, 0.15) is 18.3 Å². The highest BCUT2D eigenvalue weighted by atomic mass is 79.9. The van der Waals surface area contributed by atoms with Crippen LogP contribution < -0.4 is 14.4 Å². The Morgan fingerprint density at radius 3 is 2.16 bits per heavy atom. The average Bonchev–Trinajstić information content (AvgIpc) is 3.02. The molecule has 0 bridgehead atoms. The van der Waals surface area contributed by atoms with Gasteiger partial charge in [0.25, 0.3) is 10.0 Å². The van der Waals surface area contributed by atoms with Crippen molar-refractivity contribution in [3.05, 3.63) is 124 Å². The van der Waals surface area contributed by atoms with Crippen molar-refractivity contribution in [1.82, 2.24) is 10.2 Å². The first-order valence-corrected chi connectivity index (χ1v) is 16.8. The summed E-state index contributed by atoms with van der Waals surface area (Å²) in [5, 5.41) is 2.97. The van der Waals surface area contributed by atoms with Crippen molar-refractivity contribution < 1.29 is 22.7 Å². The first kappa shape index (κ1) is 33.7. The molecular weight excluding hydrogens is 654 g/mol. The first-order valence-electron chi connectivity index (χ1n) is 14.6. The molecule has 45 heavy (non-hydrogen) atoms. The molecule has 0 spiro atoms. The molecule has 8 nitrogen and oxygen atoms in total. The molecule has 1 atom stereocenters. The summed E-state index contributed by atoms with van der Waals surface area (Å²) in [6, 6.07) is 28.9. The molecule has 0 unspecified atom stereocenters. The zero-order chi connectivity index (χ0) is 32.6. The molecule has 0 saturated carbocycles. The Bertz CT molecular complexity index is 1700. The van der Waals surface area contributed by atoms with Crippen LogP contribution in [0.2, 0.25) is 0 Å². The van der Waals surface area contributed by atoms with Gasteiger partial charge in [-0.3, -0.25) is 13.9 Å². The number of rotatable bonds is 13. The van der Waals surface area contributed by atoms with Crippen LogP contribution in [-0.2, 0) is 32.6 Å². The molecule has 0 aliphatic carbocycles. The molecule has 1 N–H and O–H groups in total. The van der Waals surface area contributed by atoms with Crippen molar-refractivity contribution in [2.75, 3.05) is 18.0 Å². The van der Waals surface area contributed by atoms with Gasteiger partial charge in [-0.2, -0.15) is 0 Å². The third-order valence-electron chi connectivity index (χ3n) is 7.20. The molecule has 236 valence electrons. The molecule has 2 amide bonds. The summed E-state index contributed by atoms with van der Waals surface area (Å²) in [4.78, 5) is 29.8. The minimum Gasteiger partial charge on any atom is -0.497 e. The average molecular weight is 693 g/mol. The number of carbonyl (C=O) groups excluding carboxylic acids is 2. The quantitative estimate of drug-likeness (QED) is 0.182. The second-order valence-corrected chi connectivity index (χ2v) is 13.8. The van der Waals surface area contributed by atoms with Crippen molar-refractivity contribution >= 4 is 43.5 Å². The Morgan fingerprint density at radius 2 is 1.53 bits per heavy atom. The number of nitrogens with zero attached hydrogens (tertiary/aromatic N) is 2. The highest BCUT2D eigenvalue weighted by Crippen LogP contribution is 2.28. The minimum absolute atomic E-state index is 0.0431. The largest absolute Gasteiger partial charge is 0.497 e. The zero-order valence-electron chi connectivity index (χ0n) is 25.8. The molecule has 4 aromatic rings. The molecule has 0 saturated heterocycles. The van der Waals surface area contributed by atoms with E-state index in [1.807, 2.05) is 75.4 Å². The predicted molar refractivity (Wildman–Crippen MR) is 181 cm³/mol. The lowest BCUT2D eigenvalue weighted by Crippen LogP contribution is -2.54. The lowest BCUT2D eigenvalue weighted by Gasteiger charge is -2.34. The van der Waals surface area contributed by atoms with Crippen molar-refractivity contribution in [2.45, 2.75) is 50.7 Å². The summed E-state index contributed by atoms with van der Waals surface area (Å²) >= 11 is 3.45. The summed E-state index contributed by atoms with van der Waals surface area (Å²) in [7, 11) is -2.71. The third kappa shape index (κ3) is 8.95. The molecule has 0 heterocycles. The maximum Gasteiger partial charge on any atom is 0.264 e. The summed E-state index contributed by atoms with van der Waals surface area (Å²) in [5.74, 6) is -0.418. The van der Waals surface area contributed by atoms with Crippen LogP contribution >= 0.6 is 15.9 Å². The van der Waals surface area contributed by atoms with Crippen molar-refractivity contribution in [3.63, 3.8) is 0 Å². The number of aryl methyl sites for hydroxylation is 1. The van der Waals surface area contributed by atoms with E-state index < -0.39 is 28.5 Å². The van der Waals surface area contributed by atoms with E-state index in [9.17, 15) is 18.0 Å². The summed E-state index contributed by atoms with van der Waals surface area (Å²) < 4.78 is 35.7. The second kappa shape index (κ2) is 15.2. The number of benzene rings is 4. The molecule has 4 rings (SSSR count). The monoisotopic (exact) mass is 691 g/mol. The van der Waals surface area contributed by atoms with Crippen LogP contribution in [0.4, 0.5) is 5.69 Å². The Hall–Kier alpha value is -4.15. The predicted octanol–water partition coefficient (Wildman–Crippen LogP) is 6.13. The fourth-order valence-corrected chi connectivity index (χ4v) is 6.52. The van der Waals surface area contributed by atoms with Crippen molar-refractivity contribution in [2.24, 2.45) is 0 Å². The first-order chi connectivity index (χ1) is 21.5. The third-order valence-corrected chi connectivity index (χ3v) is 9.51. The van der Waals surface area contributed by atoms with Gasteiger partial charge >= 0.3 is 0 Å². The van der Waals surface area contributed by atoms with Gasteiger partial charge in [-0.25, -0.2) is 8.42 Å². The standard InChI is InChI=1S/C35H38BrN3O5S/c1-25(2)37-35(41)33(21-27-9-6-5-7-10-27)38(23-28-15-17-29(36)18-16-28)34(40)24-39(30-11-8-12-31(22-30)44-4)45(42,43)32-19-13-26(3)14-20-32/h5-20,22,25,33H,21,23-24H2,1-4H3,(H,37,41)/t33-/m0/s1. The van der Waals surface area contributed by atoms with Crippen LogP contribution in [0.1, 0.15) is 30.5 Å². The maximum atomic E-state index is 14.5. The summed E-state index contributed by atoms with van der Waals surface area (Å²) in [6.45, 7) is 5.13. The maximum absolute atomic E-state index is 14.5. The smallest absolute Gasteiger partial charge is 0.264 e. The van der Waals surface area contributed by atoms with Crippen molar-refractivity contribution in [3.8, 4) is 5.75 Å². The number of carbonyl (C=O) groups is 2. The van der Waals surface area contributed by atoms with Gasteiger partial charge in [0.2, 0.25) is 11.8 Å². The summed E-state index contributed by atoms with van der Waals surface area (Å²) in [6.07, 6.45) is 0.242. The number of hydrogen-bond donors (Lipinski definition) is 1. The van der Waals surface area contributed by atoms with Gasteiger partial charge in [0.15, 0.2) is 0 Å². The number of sulfonamides is 1. The van der Waals surface area contributed by atoms with Gasteiger partial charge < -0.3 is 15.0 Å². The number of methoxy groups -OCH3 is 1. The van der Waals surface area contributed by atoms with Gasteiger partial charge in [-0.1, -0.05) is 82.2 Å². The lowest BCUT2D eigenvalue weighted by molar-refractivity contribution is -0.140. The van der Waals surface area contributed by atoms with Crippen LogP contribution in [0.5, 0.6) is 5.75 Å². The van der Waals surface area contributed by atoms with E-state index in [1.54, 1.807) is 36.4 Å². The van der Waals surface area contributed by atoms with Crippen LogP contribution in [0.3, 0.4) is 0 Å². The van der Waals surface area contributed by atoms with Crippen LogP contribution in [0.15, 0.2) is 112 Å². The van der Waals surface area contributed by atoms with E-state index in [0.717, 1.165) is 25.5 Å². The number of amides is 2. The Balaban J connectivity index is 1.81. The number of anilines is 1. The van der Waals surface area contributed by atoms with E-state index in [-0.39, 0.29) is 35.5 Å². The van der Waals surface area contributed by atoms with Gasteiger partial charge in [0, 0.05) is 29.5 Å². The normalized spacial score (nSPS) is 12.0. The highest BCUT2D eigenvalue weighted by molar-refractivity contribution is 9.10. The molecule has 0 fully saturated rings. The van der Waals surface area contributed by atoms with Gasteiger partial charge in [-0.05, 0) is 68.3 Å².